The Hall–Kier alpha value is -4.12. The molecular weight excluding hydrogens is 446 g/mol. The first-order valence-corrected chi connectivity index (χ1v) is 12.5. The fourth-order valence-corrected chi connectivity index (χ4v) is 5.35. The molecule has 1 aliphatic heterocycles. The molecule has 1 amide bonds. The van der Waals surface area contributed by atoms with Gasteiger partial charge in [-0.2, -0.15) is 0 Å². The molecule has 1 fully saturated rings. The Morgan fingerprint density at radius 1 is 0.917 bits per heavy atom. The maximum Gasteiger partial charge on any atom is 0.227 e. The van der Waals surface area contributed by atoms with Crippen molar-refractivity contribution in [1.29, 1.82) is 0 Å². The molecule has 5 heteroatoms. The van der Waals surface area contributed by atoms with Gasteiger partial charge in [-0.05, 0) is 54.6 Å². The summed E-state index contributed by atoms with van der Waals surface area (Å²) in [4.78, 5) is 20.1. The number of imidazole rings is 1. The van der Waals surface area contributed by atoms with Gasteiger partial charge < -0.3 is 14.2 Å². The molecule has 1 unspecified atom stereocenters. The highest BCUT2D eigenvalue weighted by Gasteiger charge is 2.35. The van der Waals surface area contributed by atoms with E-state index in [0.717, 1.165) is 39.2 Å². The number of aromatic nitrogens is 2. The number of hydrogen-bond donors (Lipinski definition) is 0. The van der Waals surface area contributed by atoms with Gasteiger partial charge in [-0.15, -0.1) is 0 Å². The van der Waals surface area contributed by atoms with Crippen molar-refractivity contribution in [3.8, 4) is 5.75 Å². The molecule has 1 atom stereocenters. The molecule has 180 valence electrons. The highest BCUT2D eigenvalue weighted by Crippen LogP contribution is 2.35. The number of hydrogen-bond acceptors (Lipinski definition) is 3. The van der Waals surface area contributed by atoms with E-state index in [4.69, 9.17) is 9.72 Å². The van der Waals surface area contributed by atoms with E-state index in [1.165, 1.54) is 10.9 Å². The largest absolute Gasteiger partial charge is 0.491 e. The lowest BCUT2D eigenvalue weighted by atomic mass is 10.1. The van der Waals surface area contributed by atoms with Crippen LogP contribution in [0.3, 0.4) is 0 Å². The van der Waals surface area contributed by atoms with E-state index in [9.17, 15) is 4.79 Å². The summed E-state index contributed by atoms with van der Waals surface area (Å²) in [6.07, 6.45) is 0.459. The van der Waals surface area contributed by atoms with E-state index in [-0.39, 0.29) is 11.8 Å². The van der Waals surface area contributed by atoms with Crippen molar-refractivity contribution in [2.45, 2.75) is 32.7 Å². The minimum absolute atomic E-state index is 0.0300. The molecule has 5 aromatic rings. The average molecular weight is 476 g/mol. The standard InChI is InChI=1S/C31H29N3O2/c1-21-9-7-15-27(22(21)2)34-20-24(19-30(34)35)31-32-26-13-5-6-14-28(26)33(31)17-18-36-29-16-8-11-23-10-3-4-12-25(23)29/h3-16,24H,17-20H2,1-2H3. The molecular formula is C31H29N3O2. The van der Waals surface area contributed by atoms with Gasteiger partial charge in [0.2, 0.25) is 5.91 Å². The third-order valence-corrected chi connectivity index (χ3v) is 7.36. The minimum atomic E-state index is 0.0300. The van der Waals surface area contributed by atoms with Crippen molar-refractivity contribution in [2.75, 3.05) is 18.1 Å². The van der Waals surface area contributed by atoms with Crippen molar-refractivity contribution in [2.24, 2.45) is 0 Å². The van der Waals surface area contributed by atoms with Gasteiger partial charge in [0.25, 0.3) is 0 Å². The summed E-state index contributed by atoms with van der Waals surface area (Å²) in [5.41, 5.74) is 5.39. The van der Waals surface area contributed by atoms with Crippen LogP contribution in [0.5, 0.6) is 5.75 Å². The zero-order valence-corrected chi connectivity index (χ0v) is 20.6. The summed E-state index contributed by atoms with van der Waals surface area (Å²) >= 11 is 0. The summed E-state index contributed by atoms with van der Waals surface area (Å²) in [5, 5.41) is 2.28. The van der Waals surface area contributed by atoms with Crippen molar-refractivity contribution >= 4 is 33.4 Å². The van der Waals surface area contributed by atoms with Gasteiger partial charge in [0.1, 0.15) is 18.2 Å². The molecule has 0 aliphatic carbocycles. The third-order valence-electron chi connectivity index (χ3n) is 7.36. The van der Waals surface area contributed by atoms with E-state index in [0.29, 0.717) is 26.1 Å². The highest BCUT2D eigenvalue weighted by molar-refractivity contribution is 5.97. The topological polar surface area (TPSA) is 47.4 Å². The number of carbonyl (C=O) groups is 1. The van der Waals surface area contributed by atoms with Gasteiger partial charge >= 0.3 is 0 Å². The average Bonchev–Trinajstić information content (AvgIpc) is 3.46. The van der Waals surface area contributed by atoms with Gasteiger partial charge in [0.15, 0.2) is 0 Å². The molecule has 1 saturated heterocycles. The number of para-hydroxylation sites is 2. The Morgan fingerprint density at radius 3 is 2.61 bits per heavy atom. The van der Waals surface area contributed by atoms with Crippen LogP contribution >= 0.6 is 0 Å². The molecule has 0 N–H and O–H groups in total. The number of fused-ring (bicyclic) bond motifs is 2. The molecule has 2 heterocycles. The van der Waals surface area contributed by atoms with Gasteiger partial charge in [-0.3, -0.25) is 4.79 Å². The predicted octanol–water partition coefficient (Wildman–Crippen LogP) is 6.41. The van der Waals surface area contributed by atoms with Crippen LogP contribution in [0.2, 0.25) is 0 Å². The van der Waals surface area contributed by atoms with E-state index in [2.05, 4.69) is 48.7 Å². The molecule has 5 nitrogen and oxygen atoms in total. The molecule has 6 rings (SSSR count). The molecule has 4 aromatic carbocycles. The molecule has 0 radical (unpaired) electrons. The fraction of sp³-hybridized carbons (Fsp3) is 0.226. The van der Waals surface area contributed by atoms with Gasteiger partial charge in [-0.1, -0.05) is 60.7 Å². The fourth-order valence-electron chi connectivity index (χ4n) is 5.35. The van der Waals surface area contributed by atoms with Crippen molar-refractivity contribution in [3.63, 3.8) is 0 Å². The Bertz CT molecular complexity index is 1580. The second-order valence-electron chi connectivity index (χ2n) is 9.56. The first-order chi connectivity index (χ1) is 17.6. The monoisotopic (exact) mass is 475 g/mol. The number of nitrogens with zero attached hydrogens (tertiary/aromatic N) is 3. The third kappa shape index (κ3) is 3.91. The van der Waals surface area contributed by atoms with Gasteiger partial charge in [0.05, 0.1) is 17.6 Å². The maximum atomic E-state index is 13.1. The second-order valence-corrected chi connectivity index (χ2v) is 9.56. The number of aryl methyl sites for hydroxylation is 1. The smallest absolute Gasteiger partial charge is 0.227 e. The summed E-state index contributed by atoms with van der Waals surface area (Å²) in [5.74, 6) is 2.02. The predicted molar refractivity (Wildman–Crippen MR) is 145 cm³/mol. The number of carbonyl (C=O) groups excluding carboxylic acids is 1. The van der Waals surface area contributed by atoms with Crippen molar-refractivity contribution < 1.29 is 9.53 Å². The molecule has 1 aliphatic rings. The summed E-state index contributed by atoms with van der Waals surface area (Å²) in [6.45, 7) is 5.99. The van der Waals surface area contributed by atoms with Gasteiger partial charge in [-0.25, -0.2) is 4.98 Å². The number of benzene rings is 4. The first-order valence-electron chi connectivity index (χ1n) is 12.5. The maximum absolute atomic E-state index is 13.1. The Labute approximate surface area is 210 Å². The zero-order chi connectivity index (χ0) is 24.6. The van der Waals surface area contributed by atoms with Gasteiger partial charge in [0, 0.05) is 30.0 Å². The Morgan fingerprint density at radius 2 is 1.69 bits per heavy atom. The Kier molecular flexibility index (Phi) is 5.68. The van der Waals surface area contributed by atoms with Crippen LogP contribution in [-0.4, -0.2) is 28.6 Å². The SMILES string of the molecule is Cc1cccc(N2CC(c3nc4ccccc4n3CCOc3cccc4ccccc34)CC2=O)c1C. The van der Waals surface area contributed by atoms with Crippen molar-refractivity contribution in [3.05, 3.63) is 102 Å². The number of rotatable bonds is 6. The van der Waals surface area contributed by atoms with E-state index in [1.807, 2.05) is 59.5 Å². The highest BCUT2D eigenvalue weighted by atomic mass is 16.5. The molecule has 1 aromatic heterocycles. The van der Waals surface area contributed by atoms with Crippen LogP contribution in [0, 0.1) is 13.8 Å². The lowest BCUT2D eigenvalue weighted by Crippen LogP contribution is -2.25. The zero-order valence-electron chi connectivity index (χ0n) is 20.6. The van der Waals surface area contributed by atoms with Crippen LogP contribution in [-0.2, 0) is 11.3 Å². The normalized spacial score (nSPS) is 15.8. The number of ether oxygens (including phenoxy) is 1. The minimum Gasteiger partial charge on any atom is -0.491 e. The van der Waals surface area contributed by atoms with Crippen LogP contribution in [0.4, 0.5) is 5.69 Å². The van der Waals surface area contributed by atoms with E-state index in [1.54, 1.807) is 0 Å². The summed E-state index contributed by atoms with van der Waals surface area (Å²) < 4.78 is 8.51. The summed E-state index contributed by atoms with van der Waals surface area (Å²) in [6, 6.07) is 28.8. The lowest BCUT2D eigenvalue weighted by Gasteiger charge is -2.20. The van der Waals surface area contributed by atoms with Crippen molar-refractivity contribution in [1.82, 2.24) is 9.55 Å². The summed E-state index contributed by atoms with van der Waals surface area (Å²) in [7, 11) is 0. The molecule has 0 saturated carbocycles. The quantitative estimate of drug-likeness (QED) is 0.285. The Balaban J connectivity index is 1.28. The van der Waals surface area contributed by atoms with Crippen LogP contribution in [0.15, 0.2) is 84.9 Å². The molecule has 0 spiro atoms. The molecule has 0 bridgehead atoms. The number of anilines is 1. The van der Waals surface area contributed by atoms with Crippen LogP contribution in [0.1, 0.15) is 29.3 Å². The van der Waals surface area contributed by atoms with Crippen LogP contribution in [0.25, 0.3) is 21.8 Å². The van der Waals surface area contributed by atoms with E-state index < -0.39 is 0 Å². The van der Waals surface area contributed by atoms with E-state index >= 15 is 0 Å². The second kappa shape index (κ2) is 9.15. The lowest BCUT2D eigenvalue weighted by molar-refractivity contribution is -0.117. The number of amides is 1. The van der Waals surface area contributed by atoms with Crippen LogP contribution < -0.4 is 9.64 Å². The first kappa shape index (κ1) is 22.4. The molecule has 36 heavy (non-hydrogen) atoms.